The van der Waals surface area contributed by atoms with Crippen LogP contribution in [-0.2, 0) is 17.7 Å². The van der Waals surface area contributed by atoms with Gasteiger partial charge in [0.15, 0.2) is 0 Å². The van der Waals surface area contributed by atoms with Gasteiger partial charge in [0.2, 0.25) is 0 Å². The molecule has 15 heavy (non-hydrogen) atoms. The first-order chi connectivity index (χ1) is 7.08. The Labute approximate surface area is 92.4 Å². The molecule has 0 aromatic carbocycles. The molecular formula is C12H22N2O. The van der Waals surface area contributed by atoms with Crippen molar-refractivity contribution in [1.29, 1.82) is 0 Å². The summed E-state index contributed by atoms with van der Waals surface area (Å²) in [4.78, 5) is 0. The van der Waals surface area contributed by atoms with E-state index < -0.39 is 0 Å². The van der Waals surface area contributed by atoms with Gasteiger partial charge in [-0.05, 0) is 31.7 Å². The van der Waals surface area contributed by atoms with Gasteiger partial charge in [0.25, 0.3) is 0 Å². The molecule has 0 unspecified atom stereocenters. The fraction of sp³-hybridized carbons (Fsp3) is 0.750. The van der Waals surface area contributed by atoms with Crippen molar-refractivity contribution in [2.24, 2.45) is 5.92 Å². The highest BCUT2D eigenvalue weighted by Crippen LogP contribution is 2.06. The molecule has 0 radical (unpaired) electrons. The summed E-state index contributed by atoms with van der Waals surface area (Å²) in [6, 6.07) is 0. The Morgan fingerprint density at radius 2 is 2.07 bits per heavy atom. The summed E-state index contributed by atoms with van der Waals surface area (Å²) in [7, 11) is 0. The Bertz CT molecular complexity index is 279. The first kappa shape index (κ1) is 12.2. The molecule has 0 bridgehead atoms. The van der Waals surface area contributed by atoms with Crippen LogP contribution in [0.2, 0.25) is 0 Å². The molecule has 0 N–H and O–H groups in total. The molecule has 0 saturated heterocycles. The lowest BCUT2D eigenvalue weighted by atomic mass is 10.1. The van der Waals surface area contributed by atoms with Gasteiger partial charge in [0.1, 0.15) is 0 Å². The molecule has 1 rings (SSSR count). The third kappa shape index (κ3) is 4.98. The van der Waals surface area contributed by atoms with Crippen molar-refractivity contribution in [3.8, 4) is 0 Å². The maximum Gasteiger partial charge on any atom is 0.0666 e. The van der Waals surface area contributed by atoms with Crippen molar-refractivity contribution < 1.29 is 4.74 Å². The molecule has 1 aromatic rings. The van der Waals surface area contributed by atoms with Gasteiger partial charge in [-0.3, -0.25) is 4.68 Å². The van der Waals surface area contributed by atoms with Gasteiger partial charge < -0.3 is 4.74 Å². The molecule has 0 spiro atoms. The largest absolute Gasteiger partial charge is 0.377 e. The second kappa shape index (κ2) is 5.91. The average molecular weight is 210 g/mol. The van der Waals surface area contributed by atoms with Gasteiger partial charge in [0.05, 0.1) is 25.5 Å². The van der Waals surface area contributed by atoms with E-state index in [1.807, 2.05) is 24.7 Å². The van der Waals surface area contributed by atoms with Crippen LogP contribution in [0.3, 0.4) is 0 Å². The minimum absolute atomic E-state index is 0.302. The number of aromatic nitrogens is 2. The van der Waals surface area contributed by atoms with Crippen LogP contribution < -0.4 is 0 Å². The maximum absolute atomic E-state index is 5.48. The Hall–Kier alpha value is -0.830. The molecule has 0 amide bonds. The number of hydrogen-bond acceptors (Lipinski definition) is 2. The quantitative estimate of drug-likeness (QED) is 0.721. The van der Waals surface area contributed by atoms with E-state index in [2.05, 4.69) is 25.1 Å². The van der Waals surface area contributed by atoms with E-state index in [-0.39, 0.29) is 0 Å². The summed E-state index contributed by atoms with van der Waals surface area (Å²) in [6.45, 7) is 10.1. The summed E-state index contributed by atoms with van der Waals surface area (Å²) in [5, 5.41) is 4.30. The van der Waals surface area contributed by atoms with Crippen molar-refractivity contribution in [2.75, 3.05) is 6.61 Å². The number of hydrogen-bond donors (Lipinski definition) is 0. The summed E-state index contributed by atoms with van der Waals surface area (Å²) in [6.07, 6.45) is 5.47. The number of ether oxygens (including phenoxy) is 1. The van der Waals surface area contributed by atoms with Crippen LogP contribution in [0.5, 0.6) is 0 Å². The number of nitrogens with zero attached hydrogens (tertiary/aromatic N) is 2. The van der Waals surface area contributed by atoms with Gasteiger partial charge in [-0.2, -0.15) is 5.10 Å². The molecule has 3 nitrogen and oxygen atoms in total. The van der Waals surface area contributed by atoms with E-state index in [1.165, 1.54) is 5.56 Å². The lowest BCUT2D eigenvalue weighted by Gasteiger charge is -2.06. The van der Waals surface area contributed by atoms with Crippen molar-refractivity contribution in [1.82, 2.24) is 9.78 Å². The van der Waals surface area contributed by atoms with Crippen LogP contribution in [0.15, 0.2) is 12.4 Å². The van der Waals surface area contributed by atoms with E-state index >= 15 is 0 Å². The van der Waals surface area contributed by atoms with E-state index in [0.717, 1.165) is 19.6 Å². The van der Waals surface area contributed by atoms with Gasteiger partial charge >= 0.3 is 0 Å². The summed E-state index contributed by atoms with van der Waals surface area (Å²) >= 11 is 0. The molecule has 0 aliphatic rings. The van der Waals surface area contributed by atoms with E-state index in [0.29, 0.717) is 12.0 Å². The zero-order valence-corrected chi connectivity index (χ0v) is 10.2. The molecule has 86 valence electrons. The molecule has 0 aliphatic heterocycles. The highest BCUT2D eigenvalue weighted by Gasteiger charge is 2.01. The SMILES string of the molecule is CC(C)Cc1cnn(CCOC(C)C)c1. The standard InChI is InChI=1S/C12H22N2O/c1-10(2)7-12-8-13-14(9-12)5-6-15-11(3)4/h8-11H,5-7H2,1-4H3. The Morgan fingerprint density at radius 1 is 1.33 bits per heavy atom. The zero-order valence-electron chi connectivity index (χ0n) is 10.2. The Balaban J connectivity index is 2.33. The first-order valence-electron chi connectivity index (χ1n) is 5.71. The van der Waals surface area contributed by atoms with E-state index in [9.17, 15) is 0 Å². The van der Waals surface area contributed by atoms with Crippen molar-refractivity contribution >= 4 is 0 Å². The molecule has 1 heterocycles. The molecule has 3 heteroatoms. The minimum atomic E-state index is 0.302. The fourth-order valence-corrected chi connectivity index (χ4v) is 1.49. The normalized spacial score (nSPS) is 11.6. The lowest BCUT2D eigenvalue weighted by Crippen LogP contribution is -2.10. The van der Waals surface area contributed by atoms with Crippen LogP contribution in [0, 0.1) is 5.92 Å². The second-order valence-corrected chi connectivity index (χ2v) is 4.63. The maximum atomic E-state index is 5.48. The summed E-state index contributed by atoms with van der Waals surface area (Å²) in [5.74, 6) is 0.689. The zero-order chi connectivity index (χ0) is 11.3. The third-order valence-corrected chi connectivity index (χ3v) is 2.10. The fourth-order valence-electron chi connectivity index (χ4n) is 1.49. The van der Waals surface area contributed by atoms with E-state index in [4.69, 9.17) is 4.74 Å². The van der Waals surface area contributed by atoms with Crippen LogP contribution >= 0.6 is 0 Å². The first-order valence-corrected chi connectivity index (χ1v) is 5.71. The van der Waals surface area contributed by atoms with Crippen LogP contribution in [0.1, 0.15) is 33.3 Å². The van der Waals surface area contributed by atoms with Gasteiger partial charge in [-0.25, -0.2) is 0 Å². The van der Waals surface area contributed by atoms with Gasteiger partial charge in [-0.15, -0.1) is 0 Å². The van der Waals surface area contributed by atoms with Crippen LogP contribution in [0.4, 0.5) is 0 Å². The lowest BCUT2D eigenvalue weighted by molar-refractivity contribution is 0.0709. The van der Waals surface area contributed by atoms with Crippen molar-refractivity contribution in [2.45, 2.75) is 46.8 Å². The third-order valence-electron chi connectivity index (χ3n) is 2.10. The summed E-state index contributed by atoms with van der Waals surface area (Å²) < 4.78 is 7.43. The molecule has 0 saturated carbocycles. The monoisotopic (exact) mass is 210 g/mol. The molecule has 1 aromatic heterocycles. The van der Waals surface area contributed by atoms with Crippen molar-refractivity contribution in [3.63, 3.8) is 0 Å². The number of rotatable bonds is 6. The van der Waals surface area contributed by atoms with Gasteiger partial charge in [0, 0.05) is 6.20 Å². The van der Waals surface area contributed by atoms with Crippen molar-refractivity contribution in [3.05, 3.63) is 18.0 Å². The summed E-state index contributed by atoms with van der Waals surface area (Å²) in [5.41, 5.74) is 1.31. The predicted octanol–water partition coefficient (Wildman–Crippen LogP) is 2.51. The molecule has 0 aliphatic carbocycles. The highest BCUT2D eigenvalue weighted by atomic mass is 16.5. The highest BCUT2D eigenvalue weighted by molar-refractivity contribution is 5.04. The molecular weight excluding hydrogens is 188 g/mol. The van der Waals surface area contributed by atoms with Crippen LogP contribution in [0.25, 0.3) is 0 Å². The molecule has 0 atom stereocenters. The average Bonchev–Trinajstić information content (AvgIpc) is 2.50. The Morgan fingerprint density at radius 3 is 2.67 bits per heavy atom. The van der Waals surface area contributed by atoms with E-state index in [1.54, 1.807) is 0 Å². The topological polar surface area (TPSA) is 27.1 Å². The van der Waals surface area contributed by atoms with Gasteiger partial charge in [-0.1, -0.05) is 13.8 Å². The minimum Gasteiger partial charge on any atom is -0.377 e. The predicted molar refractivity (Wildman–Crippen MR) is 61.9 cm³/mol. The molecule has 0 fully saturated rings. The smallest absolute Gasteiger partial charge is 0.0666 e. The Kier molecular flexibility index (Phi) is 4.82. The van der Waals surface area contributed by atoms with Crippen LogP contribution in [-0.4, -0.2) is 22.5 Å². The second-order valence-electron chi connectivity index (χ2n) is 4.63.